The topological polar surface area (TPSA) is 26.0 Å². The highest BCUT2D eigenvalue weighted by Gasteiger charge is 2.10. The molecule has 0 bridgehead atoms. The van der Waals surface area contributed by atoms with Crippen LogP contribution in [0.25, 0.3) is 11.5 Å². The lowest BCUT2D eigenvalue weighted by molar-refractivity contribution is 0.542. The van der Waals surface area contributed by atoms with Crippen molar-refractivity contribution in [2.75, 3.05) is 0 Å². The molecule has 0 fully saturated rings. The summed E-state index contributed by atoms with van der Waals surface area (Å²) in [5, 5.41) is 0.651. The van der Waals surface area contributed by atoms with E-state index < -0.39 is 0 Å². The zero-order chi connectivity index (χ0) is 10.1. The lowest BCUT2D eigenvalue weighted by Crippen LogP contribution is -1.79. The minimum absolute atomic E-state index is 0.580. The van der Waals surface area contributed by atoms with Crippen LogP contribution < -0.4 is 0 Å². The minimum atomic E-state index is 0.580. The molecular formula is C10H7BrClNO. The zero-order valence-electron chi connectivity index (χ0n) is 7.42. The van der Waals surface area contributed by atoms with E-state index >= 15 is 0 Å². The number of aromatic nitrogens is 1. The highest BCUT2D eigenvalue weighted by atomic mass is 79.9. The standard InChI is InChI=1S/C10H7BrClNO/c1-6-5-13-10(14-6)7-3-2-4-8(12)9(7)11/h2-5H,1H3. The molecule has 0 amide bonds. The van der Waals surface area contributed by atoms with Gasteiger partial charge in [0.1, 0.15) is 5.76 Å². The van der Waals surface area contributed by atoms with Crippen molar-refractivity contribution in [2.45, 2.75) is 6.92 Å². The van der Waals surface area contributed by atoms with Crippen molar-refractivity contribution in [1.29, 1.82) is 0 Å². The van der Waals surface area contributed by atoms with Crippen molar-refractivity contribution in [3.05, 3.63) is 39.7 Å². The van der Waals surface area contributed by atoms with E-state index in [-0.39, 0.29) is 0 Å². The van der Waals surface area contributed by atoms with Crippen LogP contribution in [0, 0.1) is 6.92 Å². The summed E-state index contributed by atoms with van der Waals surface area (Å²) < 4.78 is 6.21. The van der Waals surface area contributed by atoms with E-state index in [1.54, 1.807) is 6.20 Å². The van der Waals surface area contributed by atoms with Gasteiger partial charge >= 0.3 is 0 Å². The summed E-state index contributed by atoms with van der Waals surface area (Å²) in [5.41, 5.74) is 0.866. The van der Waals surface area contributed by atoms with Crippen LogP contribution in [0.5, 0.6) is 0 Å². The van der Waals surface area contributed by atoms with Crippen molar-refractivity contribution in [1.82, 2.24) is 4.98 Å². The van der Waals surface area contributed by atoms with Crippen molar-refractivity contribution in [3.8, 4) is 11.5 Å². The molecule has 0 N–H and O–H groups in total. The van der Waals surface area contributed by atoms with E-state index in [0.29, 0.717) is 10.9 Å². The molecule has 4 heteroatoms. The number of oxazole rings is 1. The number of halogens is 2. The van der Waals surface area contributed by atoms with Crippen molar-refractivity contribution in [2.24, 2.45) is 0 Å². The molecule has 0 radical (unpaired) electrons. The van der Waals surface area contributed by atoms with Crippen molar-refractivity contribution < 1.29 is 4.42 Å². The second-order valence-corrected chi connectivity index (χ2v) is 4.08. The fourth-order valence-electron chi connectivity index (χ4n) is 1.15. The Morgan fingerprint density at radius 3 is 2.86 bits per heavy atom. The Bertz CT molecular complexity index is 467. The molecule has 0 saturated carbocycles. The molecule has 72 valence electrons. The number of nitrogens with zero attached hydrogens (tertiary/aromatic N) is 1. The highest BCUT2D eigenvalue weighted by Crippen LogP contribution is 2.33. The second kappa shape index (κ2) is 3.75. The summed E-state index contributed by atoms with van der Waals surface area (Å²) >= 11 is 9.35. The molecule has 0 aliphatic rings. The number of rotatable bonds is 1. The smallest absolute Gasteiger partial charge is 0.227 e. The predicted molar refractivity (Wildman–Crippen MR) is 59.4 cm³/mol. The molecule has 2 nitrogen and oxygen atoms in total. The molecule has 0 atom stereocenters. The minimum Gasteiger partial charge on any atom is -0.441 e. The summed E-state index contributed by atoms with van der Waals surface area (Å²) in [4.78, 5) is 4.13. The fourth-order valence-corrected chi connectivity index (χ4v) is 1.76. The number of hydrogen-bond donors (Lipinski definition) is 0. The maximum atomic E-state index is 5.95. The highest BCUT2D eigenvalue weighted by molar-refractivity contribution is 9.10. The second-order valence-electron chi connectivity index (χ2n) is 2.88. The maximum Gasteiger partial charge on any atom is 0.227 e. The van der Waals surface area contributed by atoms with E-state index in [2.05, 4.69) is 20.9 Å². The lowest BCUT2D eigenvalue weighted by atomic mass is 10.2. The fraction of sp³-hybridized carbons (Fsp3) is 0.100. The van der Waals surface area contributed by atoms with Gasteiger partial charge in [0.05, 0.1) is 16.8 Å². The van der Waals surface area contributed by atoms with Gasteiger partial charge in [0.15, 0.2) is 0 Å². The molecule has 1 aromatic carbocycles. The first-order chi connectivity index (χ1) is 6.68. The summed E-state index contributed by atoms with van der Waals surface area (Å²) in [7, 11) is 0. The Morgan fingerprint density at radius 1 is 1.43 bits per heavy atom. The summed E-state index contributed by atoms with van der Waals surface area (Å²) in [6, 6.07) is 5.58. The Kier molecular flexibility index (Phi) is 2.61. The first kappa shape index (κ1) is 9.74. The quantitative estimate of drug-likeness (QED) is 0.782. The molecule has 0 aliphatic heterocycles. The van der Waals surface area contributed by atoms with Gasteiger partial charge in [0, 0.05) is 4.47 Å². The van der Waals surface area contributed by atoms with Crippen LogP contribution in [-0.4, -0.2) is 4.98 Å². The van der Waals surface area contributed by atoms with Crippen LogP contribution in [0.1, 0.15) is 5.76 Å². The number of aryl methyl sites for hydroxylation is 1. The monoisotopic (exact) mass is 271 g/mol. The molecule has 2 rings (SSSR count). The van der Waals surface area contributed by atoms with E-state index in [4.69, 9.17) is 16.0 Å². The Morgan fingerprint density at radius 2 is 2.21 bits per heavy atom. The maximum absolute atomic E-state index is 5.95. The molecular weight excluding hydrogens is 265 g/mol. The van der Waals surface area contributed by atoms with E-state index in [0.717, 1.165) is 15.8 Å². The Hall–Kier alpha value is -0.800. The average molecular weight is 273 g/mol. The molecule has 0 unspecified atom stereocenters. The third kappa shape index (κ3) is 1.70. The molecule has 0 saturated heterocycles. The third-order valence-corrected chi connectivity index (χ3v) is 3.20. The van der Waals surface area contributed by atoms with Gasteiger partial charge in [-0.15, -0.1) is 0 Å². The van der Waals surface area contributed by atoms with Gasteiger partial charge in [-0.25, -0.2) is 4.98 Å². The average Bonchev–Trinajstić information content (AvgIpc) is 2.57. The molecule has 1 heterocycles. The molecule has 2 aromatic rings. The van der Waals surface area contributed by atoms with Crippen LogP contribution in [0.15, 0.2) is 33.3 Å². The number of hydrogen-bond acceptors (Lipinski definition) is 2. The summed E-state index contributed by atoms with van der Waals surface area (Å²) in [6.45, 7) is 1.86. The van der Waals surface area contributed by atoms with Crippen LogP contribution in [0.4, 0.5) is 0 Å². The van der Waals surface area contributed by atoms with E-state index in [1.165, 1.54) is 0 Å². The Labute approximate surface area is 95.0 Å². The molecule has 14 heavy (non-hydrogen) atoms. The molecule has 0 aliphatic carbocycles. The van der Waals surface area contributed by atoms with E-state index in [9.17, 15) is 0 Å². The molecule has 1 aromatic heterocycles. The van der Waals surface area contributed by atoms with Gasteiger partial charge in [-0.05, 0) is 35.0 Å². The van der Waals surface area contributed by atoms with Gasteiger partial charge in [-0.2, -0.15) is 0 Å². The van der Waals surface area contributed by atoms with Crippen LogP contribution >= 0.6 is 27.5 Å². The summed E-state index contributed by atoms with van der Waals surface area (Å²) in [5.74, 6) is 1.36. The normalized spacial score (nSPS) is 10.5. The van der Waals surface area contributed by atoms with Crippen molar-refractivity contribution in [3.63, 3.8) is 0 Å². The van der Waals surface area contributed by atoms with Gasteiger partial charge < -0.3 is 4.42 Å². The first-order valence-electron chi connectivity index (χ1n) is 4.05. The van der Waals surface area contributed by atoms with Crippen LogP contribution in [0.3, 0.4) is 0 Å². The van der Waals surface area contributed by atoms with Gasteiger partial charge in [-0.3, -0.25) is 0 Å². The van der Waals surface area contributed by atoms with Crippen molar-refractivity contribution >= 4 is 27.5 Å². The zero-order valence-corrected chi connectivity index (χ0v) is 9.76. The van der Waals surface area contributed by atoms with E-state index in [1.807, 2.05) is 25.1 Å². The lowest BCUT2D eigenvalue weighted by Gasteiger charge is -2.00. The largest absolute Gasteiger partial charge is 0.441 e. The van der Waals surface area contributed by atoms with Crippen LogP contribution in [-0.2, 0) is 0 Å². The first-order valence-corrected chi connectivity index (χ1v) is 5.22. The summed E-state index contributed by atoms with van der Waals surface area (Å²) in [6.07, 6.45) is 1.68. The van der Waals surface area contributed by atoms with Gasteiger partial charge in [-0.1, -0.05) is 17.7 Å². The van der Waals surface area contributed by atoms with Gasteiger partial charge in [0.25, 0.3) is 0 Å². The van der Waals surface area contributed by atoms with Crippen LogP contribution in [0.2, 0.25) is 5.02 Å². The predicted octanol–water partition coefficient (Wildman–Crippen LogP) is 4.07. The molecule has 0 spiro atoms. The van der Waals surface area contributed by atoms with Gasteiger partial charge in [0.2, 0.25) is 5.89 Å². The third-order valence-electron chi connectivity index (χ3n) is 1.80. The Balaban J connectivity index is 2.57. The SMILES string of the molecule is Cc1cnc(-c2cccc(Cl)c2Br)o1. The number of benzene rings is 1.